The first-order valence-corrected chi connectivity index (χ1v) is 12.1. The zero-order chi connectivity index (χ0) is 29.3. The van der Waals surface area contributed by atoms with Crippen molar-refractivity contribution in [2.45, 2.75) is 44.5 Å². The van der Waals surface area contributed by atoms with Crippen LogP contribution in [0.5, 0.6) is 5.75 Å². The summed E-state index contributed by atoms with van der Waals surface area (Å²) in [6.07, 6.45) is -2.80. The molecule has 0 spiro atoms. The number of fused-ring (bicyclic) bond motifs is 1. The molecule has 1 aliphatic rings. The molecule has 13 heteroatoms. The molecule has 39 heavy (non-hydrogen) atoms. The molecule has 1 amide bonds. The standard InChI is InChI=1S/C12H14N2O5.C9H9NO3.C5H13NO/c15-4-8-10(17)11(18)12(19-8)14-5-13-9-6(14)2-1-3-7(9)16;1-6(11)10-8-4-2-7(3-5-8)9(12)13;1-5(7)4-6(2)3/h1-3,5,8,10-12,15-18H,4H2;2-5H,1H3,(H,10,11)(H,12,13);5,7H,4H2,1-3H3. The largest absolute Gasteiger partial charge is 0.506 e. The molecule has 13 nitrogen and oxygen atoms in total. The normalized spacial score (nSPS) is 20.9. The first-order valence-electron chi connectivity index (χ1n) is 12.1. The molecule has 0 aliphatic carbocycles. The van der Waals surface area contributed by atoms with Gasteiger partial charge in [0.25, 0.3) is 0 Å². The second-order valence-corrected chi connectivity index (χ2v) is 9.20. The van der Waals surface area contributed by atoms with Crippen LogP contribution in [0.15, 0.2) is 48.8 Å². The van der Waals surface area contributed by atoms with E-state index in [1.54, 1.807) is 31.2 Å². The van der Waals surface area contributed by atoms with Crippen molar-refractivity contribution in [1.82, 2.24) is 14.5 Å². The van der Waals surface area contributed by atoms with Crippen molar-refractivity contribution in [1.29, 1.82) is 0 Å². The van der Waals surface area contributed by atoms with Gasteiger partial charge < -0.3 is 50.2 Å². The summed E-state index contributed by atoms with van der Waals surface area (Å²) in [6.45, 7) is 3.54. The number of hydrogen-bond acceptors (Lipinski definition) is 10. The van der Waals surface area contributed by atoms with E-state index in [0.29, 0.717) is 16.7 Å². The highest BCUT2D eigenvalue weighted by Gasteiger charge is 2.43. The van der Waals surface area contributed by atoms with E-state index in [1.807, 2.05) is 19.0 Å². The number of carbonyl (C=O) groups excluding carboxylic acids is 1. The molecular weight excluding hydrogens is 512 g/mol. The average molecular weight is 549 g/mol. The summed E-state index contributed by atoms with van der Waals surface area (Å²) in [6, 6.07) is 10.8. The average Bonchev–Trinajstić information content (AvgIpc) is 3.40. The number of carbonyl (C=O) groups is 2. The van der Waals surface area contributed by atoms with Crippen LogP contribution in [0.25, 0.3) is 11.0 Å². The molecule has 1 aromatic heterocycles. The number of rotatable bonds is 6. The molecular formula is C26H36N4O9. The van der Waals surface area contributed by atoms with Gasteiger partial charge in [0, 0.05) is 19.2 Å². The molecule has 5 atom stereocenters. The van der Waals surface area contributed by atoms with Gasteiger partial charge in [-0.1, -0.05) is 6.07 Å². The number of ether oxygens (including phenoxy) is 1. The third kappa shape index (κ3) is 8.99. The molecule has 0 saturated carbocycles. The zero-order valence-electron chi connectivity index (χ0n) is 22.2. The number of benzene rings is 2. The molecule has 1 saturated heterocycles. The summed E-state index contributed by atoms with van der Waals surface area (Å²) in [5.41, 5.74) is 1.77. The maximum Gasteiger partial charge on any atom is 0.335 e. The number of amides is 1. The van der Waals surface area contributed by atoms with Crippen molar-refractivity contribution in [2.75, 3.05) is 32.6 Å². The van der Waals surface area contributed by atoms with Crippen molar-refractivity contribution in [3.63, 3.8) is 0 Å². The molecule has 4 rings (SSSR count). The van der Waals surface area contributed by atoms with Crippen LogP contribution < -0.4 is 5.32 Å². The number of aromatic hydroxyl groups is 1. The Morgan fingerprint density at radius 3 is 2.23 bits per heavy atom. The van der Waals surface area contributed by atoms with Crippen LogP contribution in [0.3, 0.4) is 0 Å². The number of aliphatic hydroxyl groups is 4. The van der Waals surface area contributed by atoms with Crippen LogP contribution in [0.2, 0.25) is 0 Å². The predicted octanol–water partition coefficient (Wildman–Crippen LogP) is 0.625. The summed E-state index contributed by atoms with van der Waals surface area (Å²) in [4.78, 5) is 27.1. The van der Waals surface area contributed by atoms with Gasteiger partial charge in [-0.15, -0.1) is 0 Å². The molecule has 3 aromatic rings. The van der Waals surface area contributed by atoms with Gasteiger partial charge >= 0.3 is 5.97 Å². The van der Waals surface area contributed by atoms with Crippen LogP contribution >= 0.6 is 0 Å². The fraction of sp³-hybridized carbons (Fsp3) is 0.423. The van der Waals surface area contributed by atoms with E-state index in [9.17, 15) is 24.9 Å². The van der Waals surface area contributed by atoms with Crippen LogP contribution in [0, 0.1) is 0 Å². The summed E-state index contributed by atoms with van der Waals surface area (Å²) >= 11 is 0. The van der Waals surface area contributed by atoms with Crippen molar-refractivity contribution >= 4 is 28.6 Å². The van der Waals surface area contributed by atoms with Crippen molar-refractivity contribution in [3.8, 4) is 5.75 Å². The number of likely N-dealkylation sites (N-methyl/N-ethyl adjacent to an activating group) is 1. The van der Waals surface area contributed by atoms with Gasteiger partial charge in [-0.2, -0.15) is 0 Å². The van der Waals surface area contributed by atoms with E-state index < -0.39 is 30.5 Å². The molecule has 1 fully saturated rings. The topological polar surface area (TPSA) is 198 Å². The zero-order valence-corrected chi connectivity index (χ0v) is 22.2. The Balaban J connectivity index is 0.000000232. The third-order valence-electron chi connectivity index (χ3n) is 5.46. The quantitative estimate of drug-likeness (QED) is 0.228. The maximum absolute atomic E-state index is 10.6. The van der Waals surface area contributed by atoms with Crippen LogP contribution in [0.1, 0.15) is 30.4 Å². The first-order chi connectivity index (χ1) is 18.3. The Labute approximate surface area is 225 Å². The van der Waals surface area contributed by atoms with E-state index in [0.717, 1.165) is 6.54 Å². The lowest BCUT2D eigenvalue weighted by Crippen LogP contribution is -2.33. The Bertz CT molecular complexity index is 1210. The lowest BCUT2D eigenvalue weighted by Gasteiger charge is -2.17. The highest BCUT2D eigenvalue weighted by molar-refractivity contribution is 5.91. The Morgan fingerprint density at radius 2 is 1.77 bits per heavy atom. The summed E-state index contributed by atoms with van der Waals surface area (Å²) < 4.78 is 6.95. The van der Waals surface area contributed by atoms with E-state index in [-0.39, 0.29) is 29.9 Å². The molecule has 0 bridgehead atoms. The van der Waals surface area contributed by atoms with Crippen LogP contribution in [-0.2, 0) is 9.53 Å². The molecule has 7 N–H and O–H groups in total. The number of aromatic nitrogens is 2. The molecule has 1 aliphatic heterocycles. The number of carboxylic acid groups (broad SMARTS) is 1. The smallest absolute Gasteiger partial charge is 0.335 e. The minimum atomic E-state index is -1.17. The summed E-state index contributed by atoms with van der Waals surface area (Å²) in [7, 11) is 3.87. The van der Waals surface area contributed by atoms with Crippen molar-refractivity contribution in [3.05, 3.63) is 54.4 Å². The molecule has 2 heterocycles. The number of carboxylic acids is 1. The SMILES string of the molecule is CC(=O)Nc1ccc(C(=O)O)cc1.CC(O)CN(C)C.OCC1OC(n2cnc3c(O)cccc32)C(O)C1O. The van der Waals surface area contributed by atoms with Gasteiger partial charge in [-0.3, -0.25) is 4.79 Å². The van der Waals surface area contributed by atoms with Crippen molar-refractivity contribution in [2.24, 2.45) is 0 Å². The van der Waals surface area contributed by atoms with Gasteiger partial charge in [0.05, 0.1) is 30.1 Å². The number of nitrogens with zero attached hydrogens (tertiary/aromatic N) is 3. The molecule has 0 radical (unpaired) electrons. The lowest BCUT2D eigenvalue weighted by atomic mass is 10.1. The number of hydrogen-bond donors (Lipinski definition) is 7. The minimum absolute atomic E-state index is 0.0305. The number of imidazole rings is 1. The number of nitrogens with one attached hydrogen (secondary N) is 1. The fourth-order valence-electron chi connectivity index (χ4n) is 3.78. The first kappa shape index (κ1) is 31.6. The van der Waals surface area contributed by atoms with Crippen LogP contribution in [-0.4, -0.2) is 109 Å². The summed E-state index contributed by atoms with van der Waals surface area (Å²) in [5, 5.41) is 58.2. The summed E-state index contributed by atoms with van der Waals surface area (Å²) in [5.74, 6) is -1.12. The minimum Gasteiger partial charge on any atom is -0.506 e. The number of anilines is 1. The number of phenols is 1. The fourth-order valence-corrected chi connectivity index (χ4v) is 3.78. The maximum atomic E-state index is 10.6. The van der Waals surface area contributed by atoms with Gasteiger partial charge in [0.2, 0.25) is 5.91 Å². The van der Waals surface area contributed by atoms with Crippen LogP contribution in [0.4, 0.5) is 5.69 Å². The van der Waals surface area contributed by atoms with E-state index in [2.05, 4.69) is 10.3 Å². The highest BCUT2D eigenvalue weighted by Crippen LogP contribution is 2.33. The van der Waals surface area contributed by atoms with Gasteiger partial charge in [-0.25, -0.2) is 9.78 Å². The Hall–Kier alpha value is -3.59. The highest BCUT2D eigenvalue weighted by atomic mass is 16.6. The van der Waals surface area contributed by atoms with Gasteiger partial charge in [-0.05, 0) is 57.4 Å². The molecule has 5 unspecified atom stereocenters. The second-order valence-electron chi connectivity index (χ2n) is 9.20. The van der Waals surface area contributed by atoms with E-state index in [1.165, 1.54) is 36.0 Å². The predicted molar refractivity (Wildman–Crippen MR) is 142 cm³/mol. The van der Waals surface area contributed by atoms with E-state index >= 15 is 0 Å². The van der Waals surface area contributed by atoms with Gasteiger partial charge in [0.1, 0.15) is 29.6 Å². The second kappa shape index (κ2) is 14.5. The molecule has 214 valence electrons. The Kier molecular flexibility index (Phi) is 11.8. The number of phenolic OH excluding ortho intramolecular Hbond substituents is 1. The number of aliphatic hydroxyl groups excluding tert-OH is 4. The van der Waals surface area contributed by atoms with Gasteiger partial charge in [0.15, 0.2) is 6.23 Å². The lowest BCUT2D eigenvalue weighted by molar-refractivity contribution is -0.114. The Morgan fingerprint density at radius 1 is 1.13 bits per heavy atom. The van der Waals surface area contributed by atoms with E-state index in [4.69, 9.17) is 20.1 Å². The monoisotopic (exact) mass is 548 g/mol. The van der Waals surface area contributed by atoms with Crippen molar-refractivity contribution < 1.29 is 45.0 Å². The third-order valence-corrected chi connectivity index (χ3v) is 5.46. The number of aromatic carboxylic acids is 1. The number of para-hydroxylation sites is 1. The molecule has 2 aromatic carbocycles.